The number of nitrogens with zero attached hydrogens (tertiary/aromatic N) is 2. The molecule has 3 heteroatoms. The van der Waals surface area contributed by atoms with E-state index >= 15 is 0 Å². The second kappa shape index (κ2) is 14.1. The highest BCUT2D eigenvalue weighted by Crippen LogP contribution is 2.49. The van der Waals surface area contributed by atoms with Crippen molar-refractivity contribution < 1.29 is 4.42 Å². The van der Waals surface area contributed by atoms with Crippen LogP contribution in [0.5, 0.6) is 0 Å². The summed E-state index contributed by atoms with van der Waals surface area (Å²) in [6.07, 6.45) is 0. The summed E-state index contributed by atoms with van der Waals surface area (Å²) in [7, 11) is 0. The lowest BCUT2D eigenvalue weighted by atomic mass is 9.81. The Bertz CT molecular complexity index is 3550. The molecule has 2 heterocycles. The van der Waals surface area contributed by atoms with Gasteiger partial charge in [0.15, 0.2) is 5.82 Å². The molecule has 0 fully saturated rings. The number of hydrogen-bond donors (Lipinski definition) is 0. The monoisotopic (exact) mass is 792 g/mol. The first-order chi connectivity index (χ1) is 30.4. The van der Waals surface area contributed by atoms with Gasteiger partial charge in [-0.05, 0) is 121 Å². The molecule has 292 valence electrons. The SMILES string of the molecule is CC1(C)c2ccccc2-c2ccc(-c3cccc(-c4cc(-c5cc(-c6ccc7oc8ccccc8c7c6)cc(-c6cccc7ccccc67)c5)nc(-c5ccccc5)n4)c3)cc21. The minimum Gasteiger partial charge on any atom is -0.456 e. The molecule has 1 aliphatic carbocycles. The molecule has 0 unspecified atom stereocenters. The Balaban J connectivity index is 1.03. The number of furan rings is 1. The number of para-hydroxylation sites is 1. The standard InChI is InChI=1S/C59H40N2O/c1-59(2)52-24-10-8-21-48(52)49-28-26-41(35-53(49)59)39-18-12-19-42(30-39)54-36-55(61-58(60-54)38-15-4-3-5-16-38)45-32-43(31-44(33-45)47-23-13-17-37-14-6-7-20-46(37)47)40-27-29-57-51(34-40)50-22-9-11-25-56(50)62-57/h3-36H,1-2H3. The molecule has 0 bridgehead atoms. The van der Waals surface area contributed by atoms with Crippen LogP contribution in [0.3, 0.4) is 0 Å². The Kier molecular flexibility index (Phi) is 8.20. The summed E-state index contributed by atoms with van der Waals surface area (Å²) in [6, 6.07) is 73.9. The first kappa shape index (κ1) is 36.0. The van der Waals surface area contributed by atoms with Crippen molar-refractivity contribution in [1.29, 1.82) is 0 Å². The van der Waals surface area contributed by atoms with Crippen molar-refractivity contribution in [2.24, 2.45) is 0 Å². The maximum absolute atomic E-state index is 6.25. The Morgan fingerprint density at radius 1 is 0.339 bits per heavy atom. The Labute approximate surface area is 360 Å². The van der Waals surface area contributed by atoms with Crippen LogP contribution >= 0.6 is 0 Å². The zero-order valence-corrected chi connectivity index (χ0v) is 34.4. The molecule has 0 N–H and O–H groups in total. The van der Waals surface area contributed by atoms with Gasteiger partial charge in [0.25, 0.3) is 0 Å². The minimum absolute atomic E-state index is 0.0802. The van der Waals surface area contributed by atoms with Gasteiger partial charge >= 0.3 is 0 Å². The van der Waals surface area contributed by atoms with E-state index in [-0.39, 0.29) is 5.41 Å². The number of fused-ring (bicyclic) bond motifs is 7. The van der Waals surface area contributed by atoms with Crippen molar-refractivity contribution in [3.05, 3.63) is 217 Å². The number of benzene rings is 9. The van der Waals surface area contributed by atoms with E-state index in [4.69, 9.17) is 14.4 Å². The van der Waals surface area contributed by atoms with Crippen LogP contribution in [-0.4, -0.2) is 9.97 Å². The third kappa shape index (κ3) is 5.96. The first-order valence-electron chi connectivity index (χ1n) is 21.3. The van der Waals surface area contributed by atoms with Gasteiger partial charge in [-0.1, -0.05) is 166 Å². The van der Waals surface area contributed by atoms with E-state index in [0.29, 0.717) is 5.82 Å². The van der Waals surface area contributed by atoms with Crippen molar-refractivity contribution in [3.63, 3.8) is 0 Å². The number of aromatic nitrogens is 2. The fraction of sp³-hybridized carbons (Fsp3) is 0.0508. The van der Waals surface area contributed by atoms with Gasteiger partial charge in [0, 0.05) is 32.9 Å². The van der Waals surface area contributed by atoms with Gasteiger partial charge in [-0.2, -0.15) is 0 Å². The molecule has 0 radical (unpaired) electrons. The highest BCUT2D eigenvalue weighted by Gasteiger charge is 2.35. The Hall–Kier alpha value is -7.88. The molecule has 2 aromatic heterocycles. The average Bonchev–Trinajstić information content (AvgIpc) is 3.82. The Morgan fingerprint density at radius 2 is 0.919 bits per heavy atom. The van der Waals surface area contributed by atoms with Crippen LogP contribution in [0.2, 0.25) is 0 Å². The molecule has 0 aliphatic heterocycles. The molecule has 62 heavy (non-hydrogen) atoms. The zero-order chi connectivity index (χ0) is 41.4. The van der Waals surface area contributed by atoms with Crippen molar-refractivity contribution in [2.75, 3.05) is 0 Å². The lowest BCUT2D eigenvalue weighted by Crippen LogP contribution is -2.14. The molecular weight excluding hydrogens is 753 g/mol. The summed E-state index contributed by atoms with van der Waals surface area (Å²) >= 11 is 0. The summed E-state index contributed by atoms with van der Waals surface area (Å²) in [6.45, 7) is 4.67. The lowest BCUT2D eigenvalue weighted by molar-refractivity contribution is 0.660. The number of rotatable bonds is 6. The predicted octanol–water partition coefficient (Wildman–Crippen LogP) is 15.8. The quantitative estimate of drug-likeness (QED) is 0.168. The molecule has 0 saturated heterocycles. The van der Waals surface area contributed by atoms with Crippen LogP contribution < -0.4 is 0 Å². The highest BCUT2D eigenvalue weighted by molar-refractivity contribution is 6.06. The van der Waals surface area contributed by atoms with Gasteiger partial charge in [0.1, 0.15) is 11.2 Å². The van der Waals surface area contributed by atoms with E-state index in [1.165, 1.54) is 44.2 Å². The maximum Gasteiger partial charge on any atom is 0.160 e. The average molecular weight is 793 g/mol. The molecular formula is C59H40N2O. The highest BCUT2D eigenvalue weighted by atomic mass is 16.3. The van der Waals surface area contributed by atoms with Gasteiger partial charge < -0.3 is 4.42 Å². The predicted molar refractivity (Wildman–Crippen MR) is 257 cm³/mol. The second-order valence-electron chi connectivity index (χ2n) is 17.0. The van der Waals surface area contributed by atoms with Crippen LogP contribution in [0.1, 0.15) is 25.0 Å². The van der Waals surface area contributed by atoms with Crippen LogP contribution in [0.15, 0.2) is 211 Å². The summed E-state index contributed by atoms with van der Waals surface area (Å²) in [4.78, 5) is 10.6. The topological polar surface area (TPSA) is 38.9 Å². The molecule has 0 atom stereocenters. The fourth-order valence-electron chi connectivity index (χ4n) is 9.68. The van der Waals surface area contributed by atoms with Crippen molar-refractivity contribution in [3.8, 4) is 78.4 Å². The van der Waals surface area contributed by atoms with Crippen molar-refractivity contribution in [1.82, 2.24) is 9.97 Å². The Morgan fingerprint density at radius 3 is 1.82 bits per heavy atom. The van der Waals surface area contributed by atoms with E-state index in [1.54, 1.807) is 0 Å². The van der Waals surface area contributed by atoms with E-state index in [1.807, 2.05) is 30.3 Å². The zero-order valence-electron chi connectivity index (χ0n) is 34.4. The smallest absolute Gasteiger partial charge is 0.160 e. The van der Waals surface area contributed by atoms with Crippen LogP contribution in [0, 0.1) is 0 Å². The van der Waals surface area contributed by atoms with E-state index in [9.17, 15) is 0 Å². The molecule has 9 aromatic carbocycles. The largest absolute Gasteiger partial charge is 0.456 e. The minimum atomic E-state index is -0.0802. The summed E-state index contributed by atoms with van der Waals surface area (Å²) in [5.41, 5.74) is 18.7. The molecule has 11 aromatic rings. The summed E-state index contributed by atoms with van der Waals surface area (Å²) < 4.78 is 6.25. The normalized spacial score (nSPS) is 12.8. The van der Waals surface area contributed by atoms with E-state index < -0.39 is 0 Å². The van der Waals surface area contributed by atoms with Crippen molar-refractivity contribution in [2.45, 2.75) is 19.3 Å². The van der Waals surface area contributed by atoms with E-state index in [0.717, 1.165) is 72.3 Å². The van der Waals surface area contributed by atoms with Gasteiger partial charge in [0.2, 0.25) is 0 Å². The third-order valence-corrected chi connectivity index (χ3v) is 12.9. The van der Waals surface area contributed by atoms with E-state index in [2.05, 4.69) is 190 Å². The first-order valence-corrected chi connectivity index (χ1v) is 21.3. The molecule has 12 rings (SSSR count). The molecule has 0 amide bonds. The lowest BCUT2D eigenvalue weighted by Gasteiger charge is -2.22. The fourth-order valence-corrected chi connectivity index (χ4v) is 9.68. The third-order valence-electron chi connectivity index (χ3n) is 12.9. The summed E-state index contributed by atoms with van der Waals surface area (Å²) in [5, 5.41) is 4.62. The molecule has 0 saturated carbocycles. The van der Waals surface area contributed by atoms with Gasteiger partial charge in [0.05, 0.1) is 11.4 Å². The summed E-state index contributed by atoms with van der Waals surface area (Å²) in [5.74, 6) is 0.684. The second-order valence-corrected chi connectivity index (χ2v) is 17.0. The van der Waals surface area contributed by atoms with Gasteiger partial charge in [-0.25, -0.2) is 9.97 Å². The number of hydrogen-bond acceptors (Lipinski definition) is 3. The van der Waals surface area contributed by atoms with Crippen LogP contribution in [-0.2, 0) is 5.41 Å². The van der Waals surface area contributed by atoms with Gasteiger partial charge in [-0.15, -0.1) is 0 Å². The molecule has 0 spiro atoms. The van der Waals surface area contributed by atoms with Gasteiger partial charge in [-0.3, -0.25) is 0 Å². The molecule has 1 aliphatic rings. The van der Waals surface area contributed by atoms with Crippen LogP contribution in [0.25, 0.3) is 111 Å². The molecule has 3 nitrogen and oxygen atoms in total. The van der Waals surface area contributed by atoms with Crippen LogP contribution in [0.4, 0.5) is 0 Å². The van der Waals surface area contributed by atoms with Crippen molar-refractivity contribution >= 4 is 32.7 Å². The maximum atomic E-state index is 6.25.